The van der Waals surface area contributed by atoms with Gasteiger partial charge in [0.15, 0.2) is 0 Å². The van der Waals surface area contributed by atoms with Crippen LogP contribution in [0.2, 0.25) is 0 Å². The Morgan fingerprint density at radius 1 is 1.39 bits per heavy atom. The molecule has 100 valence electrons. The Bertz CT molecular complexity index is 366. The van der Waals surface area contributed by atoms with Gasteiger partial charge in [-0.05, 0) is 32.4 Å². The largest absolute Gasteiger partial charge is 0.390 e. The summed E-state index contributed by atoms with van der Waals surface area (Å²) in [4.78, 5) is 10.6. The summed E-state index contributed by atoms with van der Waals surface area (Å²) < 4.78 is 0. The maximum Gasteiger partial charge on any atom is 0.129 e. The Kier molecular flexibility index (Phi) is 4.90. The van der Waals surface area contributed by atoms with Gasteiger partial charge in [-0.3, -0.25) is 0 Å². The van der Waals surface area contributed by atoms with Crippen molar-refractivity contribution in [1.29, 1.82) is 0 Å². The molecule has 1 aliphatic heterocycles. The summed E-state index contributed by atoms with van der Waals surface area (Å²) in [6.45, 7) is 5.58. The van der Waals surface area contributed by atoms with E-state index in [9.17, 15) is 5.11 Å². The Hall–Kier alpha value is -1.20. The van der Waals surface area contributed by atoms with E-state index in [1.165, 1.54) is 12.8 Å². The number of β-amino-alcohol motifs (C(OH)–C–C–N with tert-alkyl or cyclic N) is 1. The first-order chi connectivity index (χ1) is 8.78. The highest BCUT2D eigenvalue weighted by atomic mass is 16.3. The number of aromatic nitrogens is 2. The van der Waals surface area contributed by atoms with Crippen LogP contribution in [0.3, 0.4) is 0 Å². The summed E-state index contributed by atoms with van der Waals surface area (Å²) in [5, 5.41) is 13.1. The highest BCUT2D eigenvalue weighted by Gasteiger charge is 2.15. The zero-order valence-electron chi connectivity index (χ0n) is 11.0. The topological polar surface area (TPSA) is 61.3 Å². The fourth-order valence-corrected chi connectivity index (χ4v) is 2.24. The Morgan fingerprint density at radius 2 is 2.17 bits per heavy atom. The van der Waals surface area contributed by atoms with Crippen molar-refractivity contribution in [3.05, 3.63) is 18.1 Å². The summed E-state index contributed by atoms with van der Waals surface area (Å²) in [6.07, 6.45) is 4.63. The quantitative estimate of drug-likeness (QED) is 0.786. The molecule has 0 spiro atoms. The van der Waals surface area contributed by atoms with E-state index in [0.717, 1.165) is 37.6 Å². The van der Waals surface area contributed by atoms with Gasteiger partial charge in [0, 0.05) is 24.8 Å². The number of rotatable bonds is 6. The molecule has 0 radical (unpaired) electrons. The summed E-state index contributed by atoms with van der Waals surface area (Å²) in [6, 6.07) is 1.93. The van der Waals surface area contributed by atoms with Gasteiger partial charge in [0.2, 0.25) is 0 Å². The monoisotopic (exact) mass is 250 g/mol. The molecule has 1 fully saturated rings. The van der Waals surface area contributed by atoms with Crippen molar-refractivity contribution in [2.75, 3.05) is 31.5 Å². The summed E-state index contributed by atoms with van der Waals surface area (Å²) in [5.41, 5.74) is 1.02. The molecule has 18 heavy (non-hydrogen) atoms. The Balaban J connectivity index is 1.75. The Morgan fingerprint density at radius 3 is 2.89 bits per heavy atom. The number of hydrogen-bond acceptors (Lipinski definition) is 5. The molecule has 0 aliphatic carbocycles. The lowest BCUT2D eigenvalue weighted by molar-refractivity contribution is 0.135. The minimum atomic E-state index is -0.344. The van der Waals surface area contributed by atoms with E-state index in [2.05, 4.69) is 27.1 Å². The van der Waals surface area contributed by atoms with Crippen LogP contribution in [0.4, 0.5) is 5.82 Å². The van der Waals surface area contributed by atoms with Crippen LogP contribution in [0.15, 0.2) is 12.4 Å². The van der Waals surface area contributed by atoms with Gasteiger partial charge in [0.1, 0.15) is 12.1 Å². The number of nitrogens with one attached hydrogen (secondary N) is 1. The second kappa shape index (κ2) is 6.66. The van der Waals surface area contributed by atoms with Crippen molar-refractivity contribution in [3.63, 3.8) is 0 Å². The average Bonchev–Trinajstić information content (AvgIpc) is 2.89. The maximum atomic E-state index is 9.95. The SMILES string of the molecule is CCc1cc(NC[C@H](O)CN2CCCC2)ncn1. The predicted molar refractivity (Wildman–Crippen MR) is 71.6 cm³/mol. The normalized spacial score (nSPS) is 17.9. The second-order valence-corrected chi connectivity index (χ2v) is 4.79. The Labute approximate surface area is 108 Å². The van der Waals surface area contributed by atoms with Crippen molar-refractivity contribution in [2.45, 2.75) is 32.3 Å². The number of aryl methyl sites for hydroxylation is 1. The molecule has 1 aliphatic rings. The van der Waals surface area contributed by atoms with Gasteiger partial charge < -0.3 is 15.3 Å². The lowest BCUT2D eigenvalue weighted by Gasteiger charge is -2.19. The summed E-state index contributed by atoms with van der Waals surface area (Å²) in [7, 11) is 0. The molecule has 2 N–H and O–H groups in total. The molecule has 0 unspecified atom stereocenters. The predicted octanol–water partition coefficient (Wildman–Crippen LogP) is 0.908. The number of likely N-dealkylation sites (tertiary alicyclic amines) is 1. The van der Waals surface area contributed by atoms with Crippen LogP contribution >= 0.6 is 0 Å². The molecule has 0 saturated carbocycles. The van der Waals surface area contributed by atoms with Crippen molar-refractivity contribution in [3.8, 4) is 0 Å². The molecule has 2 rings (SSSR count). The number of hydrogen-bond donors (Lipinski definition) is 2. The first kappa shape index (κ1) is 13.2. The highest BCUT2D eigenvalue weighted by Crippen LogP contribution is 2.08. The van der Waals surface area contributed by atoms with E-state index in [4.69, 9.17) is 0 Å². The van der Waals surface area contributed by atoms with E-state index >= 15 is 0 Å². The van der Waals surface area contributed by atoms with Crippen molar-refractivity contribution < 1.29 is 5.11 Å². The highest BCUT2D eigenvalue weighted by molar-refractivity contribution is 5.34. The van der Waals surface area contributed by atoms with E-state index in [0.29, 0.717) is 6.54 Å². The lowest BCUT2D eigenvalue weighted by atomic mass is 10.3. The van der Waals surface area contributed by atoms with Gasteiger partial charge in [-0.15, -0.1) is 0 Å². The van der Waals surface area contributed by atoms with Crippen LogP contribution in [0.25, 0.3) is 0 Å². The fraction of sp³-hybridized carbons (Fsp3) is 0.692. The number of aliphatic hydroxyl groups is 1. The van der Waals surface area contributed by atoms with Crippen LogP contribution in [-0.2, 0) is 6.42 Å². The zero-order chi connectivity index (χ0) is 12.8. The standard InChI is InChI=1S/C13H22N4O/c1-2-11-7-13(16-10-15-11)14-8-12(18)9-17-5-3-4-6-17/h7,10,12,18H,2-6,8-9H2,1H3,(H,14,15,16)/t12-/m0/s1. The van der Waals surface area contributed by atoms with Gasteiger partial charge in [-0.2, -0.15) is 0 Å². The second-order valence-electron chi connectivity index (χ2n) is 4.79. The molecule has 1 atom stereocenters. The molecule has 1 saturated heterocycles. The molecular weight excluding hydrogens is 228 g/mol. The van der Waals surface area contributed by atoms with Crippen molar-refractivity contribution in [1.82, 2.24) is 14.9 Å². The third-order valence-electron chi connectivity index (χ3n) is 3.27. The first-order valence-corrected chi connectivity index (χ1v) is 6.73. The van der Waals surface area contributed by atoms with Gasteiger partial charge in [-0.25, -0.2) is 9.97 Å². The van der Waals surface area contributed by atoms with E-state index in [-0.39, 0.29) is 6.10 Å². The van der Waals surface area contributed by atoms with E-state index in [1.807, 2.05) is 6.07 Å². The molecule has 0 amide bonds. The van der Waals surface area contributed by atoms with Crippen LogP contribution in [0, 0.1) is 0 Å². The van der Waals surface area contributed by atoms with Crippen LogP contribution < -0.4 is 5.32 Å². The van der Waals surface area contributed by atoms with Crippen molar-refractivity contribution in [2.24, 2.45) is 0 Å². The van der Waals surface area contributed by atoms with Gasteiger partial charge in [-0.1, -0.05) is 6.92 Å². The van der Waals surface area contributed by atoms with Crippen LogP contribution in [0.5, 0.6) is 0 Å². The molecular formula is C13H22N4O. The number of anilines is 1. The smallest absolute Gasteiger partial charge is 0.129 e. The van der Waals surface area contributed by atoms with Crippen molar-refractivity contribution >= 4 is 5.82 Å². The zero-order valence-corrected chi connectivity index (χ0v) is 11.0. The molecule has 0 bridgehead atoms. The van der Waals surface area contributed by atoms with Crippen LogP contribution in [-0.4, -0.2) is 52.3 Å². The summed E-state index contributed by atoms with van der Waals surface area (Å²) in [5.74, 6) is 0.794. The molecule has 5 heteroatoms. The maximum absolute atomic E-state index is 9.95. The molecule has 2 heterocycles. The fourth-order valence-electron chi connectivity index (χ4n) is 2.24. The van der Waals surface area contributed by atoms with Gasteiger partial charge >= 0.3 is 0 Å². The molecule has 5 nitrogen and oxygen atoms in total. The minimum absolute atomic E-state index is 0.344. The van der Waals surface area contributed by atoms with E-state index < -0.39 is 0 Å². The number of nitrogens with zero attached hydrogens (tertiary/aromatic N) is 3. The average molecular weight is 250 g/mol. The van der Waals surface area contributed by atoms with Crippen LogP contribution in [0.1, 0.15) is 25.5 Å². The van der Waals surface area contributed by atoms with Gasteiger partial charge in [0.25, 0.3) is 0 Å². The molecule has 1 aromatic heterocycles. The summed E-state index contributed by atoms with van der Waals surface area (Å²) >= 11 is 0. The first-order valence-electron chi connectivity index (χ1n) is 6.73. The van der Waals surface area contributed by atoms with E-state index in [1.54, 1.807) is 6.33 Å². The lowest BCUT2D eigenvalue weighted by Crippen LogP contribution is -2.34. The molecule has 1 aromatic rings. The molecule has 0 aromatic carbocycles. The van der Waals surface area contributed by atoms with Gasteiger partial charge in [0.05, 0.1) is 6.10 Å². The number of aliphatic hydroxyl groups excluding tert-OH is 1. The third-order valence-corrected chi connectivity index (χ3v) is 3.27. The third kappa shape index (κ3) is 3.92. The minimum Gasteiger partial charge on any atom is -0.390 e.